The Morgan fingerprint density at radius 1 is 1.25 bits per heavy atom. The van der Waals surface area contributed by atoms with Gasteiger partial charge in [-0.05, 0) is 41.5 Å². The van der Waals surface area contributed by atoms with Gasteiger partial charge in [-0.1, -0.05) is 6.92 Å². The van der Waals surface area contributed by atoms with E-state index in [1.165, 1.54) is 18.3 Å². The van der Waals surface area contributed by atoms with Gasteiger partial charge in [-0.25, -0.2) is 8.78 Å². The molecule has 0 fully saturated rings. The summed E-state index contributed by atoms with van der Waals surface area (Å²) in [5, 5.41) is 3.04. The van der Waals surface area contributed by atoms with Crippen LogP contribution in [0.15, 0.2) is 29.0 Å². The van der Waals surface area contributed by atoms with Crippen LogP contribution in [0.2, 0.25) is 0 Å². The van der Waals surface area contributed by atoms with E-state index in [4.69, 9.17) is 0 Å². The lowest BCUT2D eigenvalue weighted by atomic mass is 10.0. The molecule has 0 saturated carbocycles. The second kappa shape index (κ2) is 6.37. The van der Waals surface area contributed by atoms with Gasteiger partial charge in [-0.2, -0.15) is 0 Å². The van der Waals surface area contributed by atoms with Gasteiger partial charge >= 0.3 is 0 Å². The highest BCUT2D eigenvalue weighted by Crippen LogP contribution is 2.29. The molecule has 2 rings (SSSR count). The number of rotatable bonds is 4. The molecule has 2 aromatic rings. The van der Waals surface area contributed by atoms with E-state index in [1.54, 1.807) is 13.1 Å². The summed E-state index contributed by atoms with van der Waals surface area (Å²) in [5.74, 6) is -1.24. The Labute approximate surface area is 124 Å². The molecule has 0 radical (unpaired) electrons. The maximum atomic E-state index is 14.2. The average Bonchev–Trinajstić information content (AvgIpc) is 2.43. The topological polar surface area (TPSA) is 37.8 Å². The monoisotopic (exact) mass is 341 g/mol. The van der Waals surface area contributed by atoms with Crippen molar-refractivity contribution in [2.24, 2.45) is 0 Å². The maximum absolute atomic E-state index is 14.2. The molecule has 106 valence electrons. The summed E-state index contributed by atoms with van der Waals surface area (Å²) in [5.41, 5.74) is 1.17. The van der Waals surface area contributed by atoms with Gasteiger partial charge in [-0.3, -0.25) is 9.97 Å². The first-order valence-electron chi connectivity index (χ1n) is 6.20. The quantitative estimate of drug-likeness (QED) is 0.864. The highest BCUT2D eigenvalue weighted by molar-refractivity contribution is 9.10. The molecule has 20 heavy (non-hydrogen) atoms. The second-order valence-corrected chi connectivity index (χ2v) is 5.18. The normalized spacial score (nSPS) is 12.4. The number of halogens is 3. The van der Waals surface area contributed by atoms with E-state index in [1.807, 2.05) is 6.92 Å². The van der Waals surface area contributed by atoms with E-state index < -0.39 is 17.7 Å². The first-order chi connectivity index (χ1) is 9.54. The van der Waals surface area contributed by atoms with Crippen molar-refractivity contribution in [3.63, 3.8) is 0 Å². The van der Waals surface area contributed by atoms with E-state index in [0.717, 1.165) is 5.69 Å². The fraction of sp³-hybridized carbons (Fsp3) is 0.286. The summed E-state index contributed by atoms with van der Waals surface area (Å²) < 4.78 is 28.5. The van der Waals surface area contributed by atoms with Gasteiger partial charge in [0.05, 0.1) is 28.1 Å². The second-order valence-electron chi connectivity index (χ2n) is 4.33. The number of nitrogens with one attached hydrogen (secondary N) is 1. The third-order valence-corrected chi connectivity index (χ3v) is 3.49. The zero-order valence-corrected chi connectivity index (χ0v) is 12.7. The Hall–Kier alpha value is -1.40. The van der Waals surface area contributed by atoms with Crippen LogP contribution in [0.1, 0.15) is 29.9 Å². The first-order valence-corrected chi connectivity index (χ1v) is 6.99. The van der Waals surface area contributed by atoms with Crippen LogP contribution < -0.4 is 5.32 Å². The molecule has 0 aliphatic heterocycles. The van der Waals surface area contributed by atoms with Crippen molar-refractivity contribution in [3.05, 3.63) is 57.6 Å². The number of hydrogen-bond acceptors (Lipinski definition) is 3. The molecular weight excluding hydrogens is 328 g/mol. The molecule has 1 heterocycles. The van der Waals surface area contributed by atoms with E-state index in [9.17, 15) is 8.78 Å². The van der Waals surface area contributed by atoms with Crippen LogP contribution in [0, 0.1) is 18.6 Å². The van der Waals surface area contributed by atoms with Crippen molar-refractivity contribution in [1.29, 1.82) is 0 Å². The van der Waals surface area contributed by atoms with Crippen LogP contribution >= 0.6 is 15.9 Å². The number of benzene rings is 1. The lowest BCUT2D eigenvalue weighted by molar-refractivity contribution is 0.501. The number of aryl methyl sites for hydroxylation is 1. The van der Waals surface area contributed by atoms with Gasteiger partial charge in [0.15, 0.2) is 0 Å². The van der Waals surface area contributed by atoms with Gasteiger partial charge in [0.2, 0.25) is 0 Å². The summed E-state index contributed by atoms with van der Waals surface area (Å²) >= 11 is 3.08. The molecule has 1 aromatic carbocycles. The zero-order chi connectivity index (χ0) is 14.7. The van der Waals surface area contributed by atoms with Crippen molar-refractivity contribution in [2.75, 3.05) is 6.54 Å². The predicted molar refractivity (Wildman–Crippen MR) is 76.3 cm³/mol. The largest absolute Gasteiger partial charge is 0.305 e. The van der Waals surface area contributed by atoms with Gasteiger partial charge in [0.25, 0.3) is 0 Å². The van der Waals surface area contributed by atoms with Gasteiger partial charge in [-0.15, -0.1) is 0 Å². The summed E-state index contributed by atoms with van der Waals surface area (Å²) in [4.78, 5) is 8.34. The number of hydrogen-bond donors (Lipinski definition) is 1. The molecule has 1 unspecified atom stereocenters. The fourth-order valence-corrected chi connectivity index (χ4v) is 2.26. The van der Waals surface area contributed by atoms with Gasteiger partial charge < -0.3 is 5.32 Å². The molecule has 0 spiro atoms. The van der Waals surface area contributed by atoms with Crippen LogP contribution in [-0.4, -0.2) is 16.5 Å². The van der Waals surface area contributed by atoms with Crippen molar-refractivity contribution in [3.8, 4) is 0 Å². The molecule has 6 heteroatoms. The smallest absolute Gasteiger partial charge is 0.145 e. The molecule has 0 aliphatic rings. The van der Waals surface area contributed by atoms with Crippen LogP contribution in [0.3, 0.4) is 0 Å². The molecule has 1 aromatic heterocycles. The van der Waals surface area contributed by atoms with Crippen LogP contribution in [0.5, 0.6) is 0 Å². The van der Waals surface area contributed by atoms with E-state index in [2.05, 4.69) is 31.2 Å². The van der Waals surface area contributed by atoms with Crippen molar-refractivity contribution < 1.29 is 8.78 Å². The minimum atomic E-state index is -0.675. The standard InChI is InChI=1S/C14H14BrF2N3/c1-3-18-14(11-7-19-8(2)6-20-11)12-10(16)5-4-9(15)13(12)17/h4-7,14,18H,3H2,1-2H3. The highest BCUT2D eigenvalue weighted by atomic mass is 79.9. The van der Waals surface area contributed by atoms with E-state index in [-0.39, 0.29) is 10.0 Å². The molecule has 0 amide bonds. The molecule has 1 atom stereocenters. The molecule has 1 N–H and O–H groups in total. The van der Waals surface area contributed by atoms with Crippen LogP contribution in [0.4, 0.5) is 8.78 Å². The summed E-state index contributed by atoms with van der Waals surface area (Å²) in [6.07, 6.45) is 3.11. The van der Waals surface area contributed by atoms with Gasteiger partial charge in [0, 0.05) is 11.8 Å². The third-order valence-electron chi connectivity index (χ3n) is 2.87. The third kappa shape index (κ3) is 3.02. The predicted octanol–water partition coefficient (Wildman–Crippen LogP) is 3.52. The number of nitrogens with zero attached hydrogens (tertiary/aromatic N) is 2. The Balaban J connectivity index is 2.54. The fourth-order valence-electron chi connectivity index (χ4n) is 1.92. The Morgan fingerprint density at radius 3 is 2.60 bits per heavy atom. The molecule has 0 saturated heterocycles. The van der Waals surface area contributed by atoms with Crippen LogP contribution in [-0.2, 0) is 0 Å². The highest BCUT2D eigenvalue weighted by Gasteiger charge is 2.24. The van der Waals surface area contributed by atoms with Crippen molar-refractivity contribution in [1.82, 2.24) is 15.3 Å². The van der Waals surface area contributed by atoms with Gasteiger partial charge in [0.1, 0.15) is 11.6 Å². The SMILES string of the molecule is CCNC(c1cnc(C)cn1)c1c(F)ccc(Br)c1F. The first kappa shape index (κ1) is 15.0. The lowest BCUT2D eigenvalue weighted by Crippen LogP contribution is -2.25. The minimum absolute atomic E-state index is 0.0561. The maximum Gasteiger partial charge on any atom is 0.145 e. The summed E-state index contributed by atoms with van der Waals surface area (Å²) in [6.45, 7) is 4.22. The molecular formula is C14H14BrF2N3. The van der Waals surface area contributed by atoms with E-state index >= 15 is 0 Å². The Morgan fingerprint density at radius 2 is 2.00 bits per heavy atom. The summed E-state index contributed by atoms with van der Waals surface area (Å²) in [6, 6.07) is 1.90. The average molecular weight is 342 g/mol. The summed E-state index contributed by atoms with van der Waals surface area (Å²) in [7, 11) is 0. The molecule has 0 aliphatic carbocycles. The van der Waals surface area contributed by atoms with Crippen molar-refractivity contribution in [2.45, 2.75) is 19.9 Å². The lowest BCUT2D eigenvalue weighted by Gasteiger charge is -2.19. The molecule has 3 nitrogen and oxygen atoms in total. The minimum Gasteiger partial charge on any atom is -0.305 e. The van der Waals surface area contributed by atoms with Crippen LogP contribution in [0.25, 0.3) is 0 Å². The van der Waals surface area contributed by atoms with E-state index in [0.29, 0.717) is 12.2 Å². The zero-order valence-electron chi connectivity index (χ0n) is 11.1. The number of aromatic nitrogens is 2. The van der Waals surface area contributed by atoms with Crippen molar-refractivity contribution >= 4 is 15.9 Å². The Bertz CT molecular complexity index is 602. The Kier molecular flexibility index (Phi) is 4.77. The molecule has 0 bridgehead atoms.